The molecule has 1 fully saturated rings. The summed E-state index contributed by atoms with van der Waals surface area (Å²) in [6, 6.07) is 0. The van der Waals surface area contributed by atoms with E-state index >= 15 is 0 Å². The third-order valence-electron chi connectivity index (χ3n) is 2.16. The van der Waals surface area contributed by atoms with E-state index in [1.165, 1.54) is 0 Å². The number of aliphatic carboxylic acids is 1. The number of carboxylic acids is 1. The first-order valence-corrected chi connectivity index (χ1v) is 3.60. The number of nitrogens with one attached hydrogen (secondary N) is 1. The second-order valence-corrected chi connectivity index (χ2v) is 3.08. The fraction of sp³-hybridized carbons (Fsp3) is 0.857. The minimum Gasteiger partial charge on any atom is -0.480 e. The predicted molar refractivity (Wildman–Crippen MR) is 39.5 cm³/mol. The van der Waals surface area contributed by atoms with Crippen molar-refractivity contribution in [2.24, 2.45) is 0 Å². The normalized spacial score (nSPS) is 37.5. The van der Waals surface area contributed by atoms with Gasteiger partial charge in [0.05, 0.1) is 6.10 Å². The molecule has 2 atom stereocenters. The van der Waals surface area contributed by atoms with E-state index in [2.05, 4.69) is 5.32 Å². The fourth-order valence-electron chi connectivity index (χ4n) is 1.27. The third kappa shape index (κ3) is 1.52. The van der Waals surface area contributed by atoms with Gasteiger partial charge in [-0.3, -0.25) is 10.1 Å². The Hall–Kier alpha value is -0.610. The predicted octanol–water partition coefficient (Wildman–Crippen LogP) is -0.162. The van der Waals surface area contributed by atoms with Gasteiger partial charge in [0.25, 0.3) is 0 Å². The van der Waals surface area contributed by atoms with Crippen LogP contribution in [0.1, 0.15) is 13.3 Å². The maximum Gasteiger partial charge on any atom is 0.323 e. The van der Waals surface area contributed by atoms with E-state index in [1.807, 2.05) is 0 Å². The fourth-order valence-corrected chi connectivity index (χ4v) is 1.27. The van der Waals surface area contributed by atoms with Crippen LogP contribution in [0.3, 0.4) is 0 Å². The molecule has 0 unspecified atom stereocenters. The standard InChI is InChI=1S/C7H13NO3/c1-7(6(9)10)3-5(11-2)4-8-7/h5,8H,3-4H2,1-2H3,(H,9,10)/t5-,7+/m1/s1. The van der Waals surface area contributed by atoms with Crippen LogP contribution in [0.15, 0.2) is 0 Å². The maximum absolute atomic E-state index is 10.7. The number of rotatable bonds is 2. The van der Waals surface area contributed by atoms with Gasteiger partial charge < -0.3 is 9.84 Å². The van der Waals surface area contributed by atoms with Gasteiger partial charge in [-0.1, -0.05) is 0 Å². The zero-order valence-electron chi connectivity index (χ0n) is 6.76. The minimum absolute atomic E-state index is 0.0381. The van der Waals surface area contributed by atoms with E-state index < -0.39 is 11.5 Å². The van der Waals surface area contributed by atoms with E-state index in [0.29, 0.717) is 13.0 Å². The van der Waals surface area contributed by atoms with Crippen molar-refractivity contribution in [3.8, 4) is 0 Å². The number of ether oxygens (including phenoxy) is 1. The lowest BCUT2D eigenvalue weighted by Gasteiger charge is -2.17. The molecule has 1 saturated heterocycles. The Labute approximate surface area is 65.5 Å². The van der Waals surface area contributed by atoms with Crippen molar-refractivity contribution in [3.05, 3.63) is 0 Å². The number of carbonyl (C=O) groups is 1. The molecule has 0 spiro atoms. The average molecular weight is 159 g/mol. The lowest BCUT2D eigenvalue weighted by atomic mass is 10.0. The minimum atomic E-state index is -0.808. The van der Waals surface area contributed by atoms with E-state index in [4.69, 9.17) is 9.84 Å². The van der Waals surface area contributed by atoms with Crippen LogP contribution in [0.2, 0.25) is 0 Å². The van der Waals surface area contributed by atoms with Crippen molar-refractivity contribution in [2.75, 3.05) is 13.7 Å². The van der Waals surface area contributed by atoms with Crippen LogP contribution in [-0.2, 0) is 9.53 Å². The lowest BCUT2D eigenvalue weighted by molar-refractivity contribution is -0.143. The van der Waals surface area contributed by atoms with Gasteiger partial charge in [0, 0.05) is 20.1 Å². The third-order valence-corrected chi connectivity index (χ3v) is 2.16. The Balaban J connectivity index is 2.57. The van der Waals surface area contributed by atoms with Crippen LogP contribution < -0.4 is 5.32 Å². The first-order chi connectivity index (χ1) is 5.08. The molecule has 4 heteroatoms. The zero-order valence-corrected chi connectivity index (χ0v) is 6.76. The van der Waals surface area contributed by atoms with E-state index in [1.54, 1.807) is 14.0 Å². The molecular weight excluding hydrogens is 146 g/mol. The molecule has 2 N–H and O–H groups in total. The number of hydrogen-bond donors (Lipinski definition) is 2. The molecule has 1 aliphatic rings. The van der Waals surface area contributed by atoms with Crippen molar-refractivity contribution < 1.29 is 14.6 Å². The van der Waals surface area contributed by atoms with Crippen LogP contribution in [0.4, 0.5) is 0 Å². The summed E-state index contributed by atoms with van der Waals surface area (Å²) < 4.78 is 5.03. The Morgan fingerprint density at radius 3 is 2.73 bits per heavy atom. The molecule has 0 aromatic rings. The van der Waals surface area contributed by atoms with Crippen molar-refractivity contribution in [1.29, 1.82) is 0 Å². The van der Waals surface area contributed by atoms with Crippen molar-refractivity contribution in [2.45, 2.75) is 25.0 Å². The van der Waals surface area contributed by atoms with Crippen molar-refractivity contribution >= 4 is 5.97 Å². The van der Waals surface area contributed by atoms with Crippen LogP contribution >= 0.6 is 0 Å². The molecule has 4 nitrogen and oxygen atoms in total. The van der Waals surface area contributed by atoms with Gasteiger partial charge >= 0.3 is 5.97 Å². The highest BCUT2D eigenvalue weighted by atomic mass is 16.5. The monoisotopic (exact) mass is 159 g/mol. The van der Waals surface area contributed by atoms with Gasteiger partial charge in [-0.15, -0.1) is 0 Å². The molecule has 0 bridgehead atoms. The largest absolute Gasteiger partial charge is 0.480 e. The Morgan fingerprint density at radius 1 is 1.82 bits per heavy atom. The van der Waals surface area contributed by atoms with Crippen molar-refractivity contribution in [1.82, 2.24) is 5.32 Å². The number of methoxy groups -OCH3 is 1. The second kappa shape index (κ2) is 2.79. The summed E-state index contributed by atoms with van der Waals surface area (Å²) in [4.78, 5) is 10.7. The Morgan fingerprint density at radius 2 is 2.45 bits per heavy atom. The summed E-state index contributed by atoms with van der Waals surface area (Å²) >= 11 is 0. The van der Waals surface area contributed by atoms with Crippen LogP contribution in [0.25, 0.3) is 0 Å². The van der Waals surface area contributed by atoms with Crippen molar-refractivity contribution in [3.63, 3.8) is 0 Å². The topological polar surface area (TPSA) is 58.6 Å². The van der Waals surface area contributed by atoms with E-state index in [0.717, 1.165) is 0 Å². The molecule has 11 heavy (non-hydrogen) atoms. The first-order valence-electron chi connectivity index (χ1n) is 3.60. The first kappa shape index (κ1) is 8.49. The highest BCUT2D eigenvalue weighted by Gasteiger charge is 2.40. The van der Waals surface area contributed by atoms with E-state index in [9.17, 15) is 4.79 Å². The van der Waals surface area contributed by atoms with Gasteiger partial charge in [0.15, 0.2) is 0 Å². The Kier molecular flexibility index (Phi) is 2.15. The number of hydrogen-bond acceptors (Lipinski definition) is 3. The summed E-state index contributed by atoms with van der Waals surface area (Å²) in [5, 5.41) is 11.7. The van der Waals surface area contributed by atoms with Gasteiger partial charge in [-0.25, -0.2) is 0 Å². The molecule has 1 heterocycles. The quantitative estimate of drug-likeness (QED) is 0.587. The average Bonchev–Trinajstić information content (AvgIpc) is 2.33. The van der Waals surface area contributed by atoms with Gasteiger partial charge in [0.2, 0.25) is 0 Å². The molecule has 0 saturated carbocycles. The molecule has 0 aromatic carbocycles. The summed E-state index contributed by atoms with van der Waals surface area (Å²) in [6.45, 7) is 2.30. The highest BCUT2D eigenvalue weighted by Crippen LogP contribution is 2.20. The van der Waals surface area contributed by atoms with Crippen LogP contribution in [0, 0.1) is 0 Å². The van der Waals surface area contributed by atoms with Crippen LogP contribution in [0.5, 0.6) is 0 Å². The molecule has 0 amide bonds. The molecule has 1 rings (SSSR count). The molecule has 0 aliphatic carbocycles. The summed E-state index contributed by atoms with van der Waals surface area (Å²) in [6.07, 6.45) is 0.579. The maximum atomic E-state index is 10.7. The van der Waals surface area contributed by atoms with Gasteiger partial charge in [-0.2, -0.15) is 0 Å². The smallest absolute Gasteiger partial charge is 0.323 e. The summed E-state index contributed by atoms with van der Waals surface area (Å²) in [5.74, 6) is -0.808. The number of carboxylic acid groups (broad SMARTS) is 1. The molecule has 0 aromatic heterocycles. The summed E-state index contributed by atoms with van der Waals surface area (Å²) in [7, 11) is 1.60. The van der Waals surface area contributed by atoms with Crippen LogP contribution in [-0.4, -0.2) is 36.4 Å². The lowest BCUT2D eigenvalue weighted by Crippen LogP contribution is -2.44. The highest BCUT2D eigenvalue weighted by molar-refractivity contribution is 5.78. The molecule has 64 valence electrons. The zero-order chi connectivity index (χ0) is 8.48. The molecule has 0 radical (unpaired) electrons. The second-order valence-electron chi connectivity index (χ2n) is 3.08. The van der Waals surface area contributed by atoms with Gasteiger partial charge in [-0.05, 0) is 6.92 Å². The molecular formula is C7H13NO3. The molecule has 1 aliphatic heterocycles. The summed E-state index contributed by atoms with van der Waals surface area (Å²) in [5.41, 5.74) is -0.791. The SMILES string of the molecule is CO[C@H]1CN[C@](C)(C(=O)O)C1. The van der Waals surface area contributed by atoms with E-state index in [-0.39, 0.29) is 6.10 Å². The van der Waals surface area contributed by atoms with Gasteiger partial charge in [0.1, 0.15) is 5.54 Å². The Bertz CT molecular complexity index is 171.